The Bertz CT molecular complexity index is 484. The number of nitrogens with two attached hydrogens (primary N) is 2. The van der Waals surface area contributed by atoms with Crippen molar-refractivity contribution in [3.8, 4) is 0 Å². The van der Waals surface area contributed by atoms with Crippen LogP contribution in [-0.4, -0.2) is 36.3 Å². The Kier molecular flexibility index (Phi) is 5.83. The SMILES string of the molecule is CCN(CC)C(=O)CCNC(=O)c1ccc(N)cc1N. The smallest absolute Gasteiger partial charge is 0.253 e. The molecule has 6 heteroatoms. The molecular formula is C14H22N4O2. The number of amides is 2. The summed E-state index contributed by atoms with van der Waals surface area (Å²) < 4.78 is 0. The Hall–Kier alpha value is -2.24. The topological polar surface area (TPSA) is 101 Å². The highest BCUT2D eigenvalue weighted by atomic mass is 16.2. The lowest BCUT2D eigenvalue weighted by Crippen LogP contribution is -2.34. The lowest BCUT2D eigenvalue weighted by molar-refractivity contribution is -0.130. The van der Waals surface area contributed by atoms with Crippen LogP contribution >= 0.6 is 0 Å². The molecule has 0 radical (unpaired) electrons. The third-order valence-corrected chi connectivity index (χ3v) is 3.06. The molecule has 1 aromatic rings. The molecule has 0 atom stereocenters. The minimum atomic E-state index is -0.296. The summed E-state index contributed by atoms with van der Waals surface area (Å²) >= 11 is 0. The normalized spacial score (nSPS) is 10.1. The van der Waals surface area contributed by atoms with E-state index in [2.05, 4.69) is 5.32 Å². The first-order valence-electron chi connectivity index (χ1n) is 6.70. The highest BCUT2D eigenvalue weighted by Crippen LogP contribution is 2.15. The van der Waals surface area contributed by atoms with Gasteiger partial charge in [-0.1, -0.05) is 0 Å². The van der Waals surface area contributed by atoms with Gasteiger partial charge in [0.1, 0.15) is 0 Å². The molecule has 5 N–H and O–H groups in total. The van der Waals surface area contributed by atoms with E-state index in [1.807, 2.05) is 13.8 Å². The highest BCUT2D eigenvalue weighted by molar-refractivity contribution is 5.99. The Morgan fingerprint density at radius 2 is 1.85 bits per heavy atom. The van der Waals surface area contributed by atoms with Crippen molar-refractivity contribution in [3.63, 3.8) is 0 Å². The van der Waals surface area contributed by atoms with Crippen molar-refractivity contribution in [2.45, 2.75) is 20.3 Å². The molecule has 0 heterocycles. The van der Waals surface area contributed by atoms with E-state index < -0.39 is 0 Å². The number of carbonyl (C=O) groups is 2. The molecule has 0 fully saturated rings. The van der Waals surface area contributed by atoms with Crippen molar-refractivity contribution in [3.05, 3.63) is 23.8 Å². The van der Waals surface area contributed by atoms with Crippen LogP contribution in [0.1, 0.15) is 30.6 Å². The van der Waals surface area contributed by atoms with Gasteiger partial charge >= 0.3 is 0 Å². The van der Waals surface area contributed by atoms with E-state index in [-0.39, 0.29) is 24.8 Å². The molecule has 0 aliphatic carbocycles. The summed E-state index contributed by atoms with van der Waals surface area (Å²) in [6.07, 6.45) is 0.280. The number of benzene rings is 1. The van der Waals surface area contributed by atoms with Gasteiger partial charge in [0.25, 0.3) is 5.91 Å². The fourth-order valence-corrected chi connectivity index (χ4v) is 1.90. The van der Waals surface area contributed by atoms with Crippen molar-refractivity contribution in [2.24, 2.45) is 0 Å². The second-order valence-electron chi connectivity index (χ2n) is 4.42. The summed E-state index contributed by atoms with van der Waals surface area (Å²) in [7, 11) is 0. The van der Waals surface area contributed by atoms with Crippen molar-refractivity contribution < 1.29 is 9.59 Å². The van der Waals surface area contributed by atoms with E-state index in [0.717, 1.165) is 0 Å². The first-order chi connectivity index (χ1) is 9.49. The van der Waals surface area contributed by atoms with Crippen LogP contribution in [0.2, 0.25) is 0 Å². The quantitative estimate of drug-likeness (QED) is 0.671. The summed E-state index contributed by atoms with van der Waals surface area (Å²) in [4.78, 5) is 25.4. The van der Waals surface area contributed by atoms with Crippen molar-refractivity contribution in [2.75, 3.05) is 31.1 Å². The first kappa shape index (κ1) is 15.8. The number of hydrogen-bond donors (Lipinski definition) is 3. The molecule has 0 saturated heterocycles. The third-order valence-electron chi connectivity index (χ3n) is 3.06. The Labute approximate surface area is 119 Å². The predicted molar refractivity (Wildman–Crippen MR) is 80.1 cm³/mol. The van der Waals surface area contributed by atoms with Gasteiger partial charge in [0.2, 0.25) is 5.91 Å². The van der Waals surface area contributed by atoms with Gasteiger partial charge in [-0.05, 0) is 32.0 Å². The van der Waals surface area contributed by atoms with Crippen LogP contribution in [-0.2, 0) is 4.79 Å². The number of carbonyl (C=O) groups excluding carboxylic acids is 2. The number of nitrogens with one attached hydrogen (secondary N) is 1. The fourth-order valence-electron chi connectivity index (χ4n) is 1.90. The first-order valence-corrected chi connectivity index (χ1v) is 6.70. The molecular weight excluding hydrogens is 256 g/mol. The molecule has 0 aliphatic heterocycles. The van der Waals surface area contributed by atoms with Crippen LogP contribution < -0.4 is 16.8 Å². The lowest BCUT2D eigenvalue weighted by Gasteiger charge is -2.18. The zero-order valence-electron chi connectivity index (χ0n) is 12.0. The molecule has 0 bridgehead atoms. The number of hydrogen-bond acceptors (Lipinski definition) is 4. The van der Waals surface area contributed by atoms with E-state index in [4.69, 9.17) is 11.5 Å². The molecule has 0 aromatic heterocycles. The fraction of sp³-hybridized carbons (Fsp3) is 0.429. The summed E-state index contributed by atoms with van der Waals surface area (Å²) in [5, 5.41) is 2.69. The van der Waals surface area contributed by atoms with Crippen molar-refractivity contribution in [1.82, 2.24) is 10.2 Å². The molecule has 1 aromatic carbocycles. The van der Waals surface area contributed by atoms with E-state index in [1.54, 1.807) is 17.0 Å². The van der Waals surface area contributed by atoms with Crippen LogP contribution in [0, 0.1) is 0 Å². The minimum absolute atomic E-state index is 0.0283. The van der Waals surface area contributed by atoms with Crippen LogP contribution in [0.15, 0.2) is 18.2 Å². The van der Waals surface area contributed by atoms with Gasteiger partial charge in [-0.15, -0.1) is 0 Å². The van der Waals surface area contributed by atoms with Gasteiger partial charge < -0.3 is 21.7 Å². The maximum Gasteiger partial charge on any atom is 0.253 e. The van der Waals surface area contributed by atoms with Gasteiger partial charge in [-0.3, -0.25) is 9.59 Å². The zero-order valence-corrected chi connectivity index (χ0v) is 12.0. The Morgan fingerprint density at radius 3 is 2.40 bits per heavy atom. The highest BCUT2D eigenvalue weighted by Gasteiger charge is 2.12. The molecule has 20 heavy (non-hydrogen) atoms. The Morgan fingerprint density at radius 1 is 1.20 bits per heavy atom. The number of nitrogen functional groups attached to an aromatic ring is 2. The molecule has 0 spiro atoms. The maximum atomic E-state index is 11.9. The van der Waals surface area contributed by atoms with Crippen molar-refractivity contribution in [1.29, 1.82) is 0 Å². The Balaban J connectivity index is 2.50. The lowest BCUT2D eigenvalue weighted by atomic mass is 10.1. The second-order valence-corrected chi connectivity index (χ2v) is 4.42. The van der Waals surface area contributed by atoms with E-state index in [0.29, 0.717) is 30.0 Å². The number of nitrogens with zero attached hydrogens (tertiary/aromatic N) is 1. The van der Waals surface area contributed by atoms with Gasteiger partial charge in [0.05, 0.1) is 5.56 Å². The summed E-state index contributed by atoms with van der Waals surface area (Å²) in [6, 6.07) is 4.73. The molecule has 6 nitrogen and oxygen atoms in total. The second kappa shape index (κ2) is 7.37. The number of anilines is 2. The van der Waals surface area contributed by atoms with E-state index >= 15 is 0 Å². The molecule has 0 unspecified atom stereocenters. The van der Waals surface area contributed by atoms with Gasteiger partial charge in [-0.25, -0.2) is 0 Å². The van der Waals surface area contributed by atoms with Crippen LogP contribution in [0.3, 0.4) is 0 Å². The molecule has 0 aliphatic rings. The average Bonchev–Trinajstić information content (AvgIpc) is 2.39. The van der Waals surface area contributed by atoms with Gasteiger partial charge in [-0.2, -0.15) is 0 Å². The molecule has 0 saturated carbocycles. The zero-order chi connectivity index (χ0) is 15.1. The van der Waals surface area contributed by atoms with Crippen LogP contribution in [0.25, 0.3) is 0 Å². The summed E-state index contributed by atoms with van der Waals surface area (Å²) in [5.41, 5.74) is 12.5. The molecule has 1 rings (SSSR count). The maximum absolute atomic E-state index is 11.9. The average molecular weight is 278 g/mol. The number of rotatable bonds is 6. The van der Waals surface area contributed by atoms with Crippen LogP contribution in [0.5, 0.6) is 0 Å². The predicted octanol–water partition coefficient (Wildman–Crippen LogP) is 0.839. The van der Waals surface area contributed by atoms with Crippen molar-refractivity contribution >= 4 is 23.2 Å². The van der Waals surface area contributed by atoms with Gasteiger partial charge in [0.15, 0.2) is 0 Å². The van der Waals surface area contributed by atoms with E-state index in [1.165, 1.54) is 6.07 Å². The third kappa shape index (κ3) is 4.15. The monoisotopic (exact) mass is 278 g/mol. The minimum Gasteiger partial charge on any atom is -0.399 e. The van der Waals surface area contributed by atoms with Gasteiger partial charge in [0, 0.05) is 37.4 Å². The summed E-state index contributed by atoms with van der Waals surface area (Å²) in [6.45, 7) is 5.49. The summed E-state index contributed by atoms with van der Waals surface area (Å²) in [5.74, 6) is -0.268. The van der Waals surface area contributed by atoms with Crippen LogP contribution in [0.4, 0.5) is 11.4 Å². The standard InChI is InChI=1S/C14H22N4O2/c1-3-18(4-2)13(19)7-8-17-14(20)11-6-5-10(15)9-12(11)16/h5-6,9H,3-4,7-8,15-16H2,1-2H3,(H,17,20). The molecule has 110 valence electrons. The van der Waals surface area contributed by atoms with E-state index in [9.17, 15) is 9.59 Å². The largest absolute Gasteiger partial charge is 0.399 e. The molecule has 2 amide bonds.